The lowest BCUT2D eigenvalue weighted by Gasteiger charge is -2.22. The Morgan fingerprint density at radius 1 is 1.09 bits per heavy atom. The lowest BCUT2D eigenvalue weighted by Crippen LogP contribution is -2.39. The summed E-state index contributed by atoms with van der Waals surface area (Å²) in [6.45, 7) is 1.07. The van der Waals surface area contributed by atoms with Crippen LogP contribution in [0.1, 0.15) is 33.7 Å². The van der Waals surface area contributed by atoms with Crippen LogP contribution in [0.3, 0.4) is 0 Å². The molecule has 1 aliphatic heterocycles. The van der Waals surface area contributed by atoms with Crippen LogP contribution in [0.5, 0.6) is 5.75 Å². The van der Waals surface area contributed by atoms with Crippen molar-refractivity contribution in [2.45, 2.75) is 25.4 Å². The Balaban J connectivity index is 1.64. The first kappa shape index (κ1) is 21.9. The highest BCUT2D eigenvalue weighted by Crippen LogP contribution is 2.32. The molecule has 4 aromatic rings. The summed E-state index contributed by atoms with van der Waals surface area (Å²) in [7, 11) is 1.43. The molecule has 34 heavy (non-hydrogen) atoms. The van der Waals surface area contributed by atoms with Crippen molar-refractivity contribution >= 4 is 33.5 Å². The van der Waals surface area contributed by atoms with Crippen molar-refractivity contribution in [3.8, 4) is 5.75 Å². The van der Waals surface area contributed by atoms with Crippen LogP contribution in [0, 0.1) is 0 Å². The number of ketones is 1. The molecule has 0 unspecified atom stereocenters. The Morgan fingerprint density at radius 2 is 1.79 bits per heavy atom. The molecule has 0 atom stereocenters. The zero-order valence-corrected chi connectivity index (χ0v) is 18.8. The molecule has 5 rings (SSSR count). The van der Waals surface area contributed by atoms with Gasteiger partial charge in [0.2, 0.25) is 0 Å². The molecule has 8 nitrogen and oxygen atoms in total. The molecule has 1 fully saturated rings. The molecular formula is C26H25N3O5. The number of carbonyl (C=O) groups is 2. The fourth-order valence-electron chi connectivity index (χ4n) is 4.53. The van der Waals surface area contributed by atoms with E-state index < -0.39 is 5.56 Å². The van der Waals surface area contributed by atoms with Gasteiger partial charge in [0, 0.05) is 30.2 Å². The summed E-state index contributed by atoms with van der Waals surface area (Å²) in [6.07, 6.45) is 1.46. The Kier molecular flexibility index (Phi) is 5.90. The number of nitrogens with zero attached hydrogens (tertiary/aromatic N) is 1. The van der Waals surface area contributed by atoms with Gasteiger partial charge in [-0.2, -0.15) is 0 Å². The summed E-state index contributed by atoms with van der Waals surface area (Å²) in [4.78, 5) is 42.9. The van der Waals surface area contributed by atoms with Gasteiger partial charge in [0.05, 0.1) is 24.7 Å². The lowest BCUT2D eigenvalue weighted by molar-refractivity contribution is 0.0693. The fraction of sp³-hybridized carbons (Fsp3) is 0.269. The van der Waals surface area contributed by atoms with Crippen LogP contribution in [0.4, 0.5) is 0 Å². The smallest absolute Gasteiger partial charge is 0.271 e. The number of fused-ring (bicyclic) bond motifs is 3. The van der Waals surface area contributed by atoms with E-state index in [-0.39, 0.29) is 41.1 Å². The van der Waals surface area contributed by atoms with E-state index in [1.165, 1.54) is 11.7 Å². The summed E-state index contributed by atoms with van der Waals surface area (Å²) < 4.78 is 12.4. The number of hydrogen-bond acceptors (Lipinski definition) is 5. The van der Waals surface area contributed by atoms with Crippen molar-refractivity contribution in [3.05, 3.63) is 76.2 Å². The van der Waals surface area contributed by atoms with Gasteiger partial charge < -0.3 is 19.8 Å². The Bertz CT molecular complexity index is 1430. The molecular weight excluding hydrogens is 434 g/mol. The van der Waals surface area contributed by atoms with E-state index in [2.05, 4.69) is 10.3 Å². The second-order valence-corrected chi connectivity index (χ2v) is 8.34. The zero-order valence-electron chi connectivity index (χ0n) is 18.8. The number of hydrogen-bond donors (Lipinski definition) is 2. The number of rotatable bonds is 6. The molecule has 0 aliphatic carbocycles. The van der Waals surface area contributed by atoms with Crippen LogP contribution in [0.15, 0.2) is 59.4 Å². The SMILES string of the molecule is COc1c(C(=O)NC2CCOCC2)[nH]c2c1c(=O)n(CC(=O)c1ccccc1)c1ccccc21. The van der Waals surface area contributed by atoms with Gasteiger partial charge in [0.1, 0.15) is 11.1 Å². The van der Waals surface area contributed by atoms with E-state index in [0.29, 0.717) is 29.8 Å². The third-order valence-corrected chi connectivity index (χ3v) is 6.26. The average Bonchev–Trinajstić information content (AvgIpc) is 3.28. The van der Waals surface area contributed by atoms with Crippen LogP contribution in [-0.4, -0.2) is 47.6 Å². The molecule has 0 bridgehead atoms. The van der Waals surface area contributed by atoms with Crippen LogP contribution in [-0.2, 0) is 11.3 Å². The molecule has 8 heteroatoms. The normalized spacial score (nSPS) is 14.4. The van der Waals surface area contributed by atoms with Crippen molar-refractivity contribution in [3.63, 3.8) is 0 Å². The fourth-order valence-corrected chi connectivity index (χ4v) is 4.53. The van der Waals surface area contributed by atoms with Gasteiger partial charge in [-0.15, -0.1) is 0 Å². The highest BCUT2D eigenvalue weighted by Gasteiger charge is 2.26. The number of pyridine rings is 1. The van der Waals surface area contributed by atoms with Gasteiger partial charge in [-0.1, -0.05) is 48.5 Å². The van der Waals surface area contributed by atoms with Gasteiger partial charge in [0.25, 0.3) is 11.5 Å². The number of nitrogens with one attached hydrogen (secondary N) is 2. The highest BCUT2D eigenvalue weighted by atomic mass is 16.5. The summed E-state index contributed by atoms with van der Waals surface area (Å²) in [5.74, 6) is -0.342. The average molecular weight is 460 g/mol. The minimum atomic E-state index is -0.392. The summed E-state index contributed by atoms with van der Waals surface area (Å²) in [5.41, 5.74) is 1.44. The van der Waals surface area contributed by atoms with Gasteiger partial charge in [0.15, 0.2) is 11.5 Å². The number of Topliss-reactive ketones (excluding diaryl/α,β-unsaturated/α-hetero) is 1. The van der Waals surface area contributed by atoms with E-state index in [1.54, 1.807) is 30.3 Å². The Morgan fingerprint density at radius 3 is 2.53 bits per heavy atom. The molecule has 0 saturated carbocycles. The molecule has 0 radical (unpaired) electrons. The molecule has 1 aliphatic rings. The van der Waals surface area contributed by atoms with E-state index in [9.17, 15) is 14.4 Å². The molecule has 3 heterocycles. The van der Waals surface area contributed by atoms with Crippen molar-refractivity contribution in [1.82, 2.24) is 14.9 Å². The predicted molar refractivity (Wildman–Crippen MR) is 129 cm³/mol. The Hall–Kier alpha value is -3.91. The summed E-state index contributed by atoms with van der Waals surface area (Å²) in [5, 5.41) is 3.99. The molecule has 0 spiro atoms. The topological polar surface area (TPSA) is 102 Å². The van der Waals surface area contributed by atoms with Crippen molar-refractivity contribution in [2.75, 3.05) is 20.3 Å². The molecule has 2 N–H and O–H groups in total. The predicted octanol–water partition coefficient (Wildman–Crippen LogP) is 3.28. The molecule has 1 amide bonds. The van der Waals surface area contributed by atoms with Crippen molar-refractivity contribution in [1.29, 1.82) is 0 Å². The largest absolute Gasteiger partial charge is 0.493 e. The second kappa shape index (κ2) is 9.15. The van der Waals surface area contributed by atoms with E-state index in [0.717, 1.165) is 18.2 Å². The van der Waals surface area contributed by atoms with Gasteiger partial charge in [-0.3, -0.25) is 19.0 Å². The van der Waals surface area contributed by atoms with Crippen molar-refractivity contribution < 1.29 is 19.1 Å². The number of aromatic nitrogens is 2. The summed E-state index contributed by atoms with van der Waals surface area (Å²) >= 11 is 0. The first-order chi connectivity index (χ1) is 16.6. The number of benzene rings is 2. The Labute approximate surface area is 195 Å². The third-order valence-electron chi connectivity index (χ3n) is 6.26. The third kappa shape index (κ3) is 3.86. The van der Waals surface area contributed by atoms with E-state index in [1.807, 2.05) is 24.3 Å². The standard InChI is InChI=1S/C26H25N3O5/c1-33-24-21-22(28-23(24)25(31)27-17-11-13-34-14-12-17)18-9-5-6-10-19(18)29(26(21)32)15-20(30)16-7-3-2-4-8-16/h2-10,17,28H,11-15H2,1H3,(H,27,31). The monoisotopic (exact) mass is 459 g/mol. The number of aromatic amines is 1. The number of amides is 1. The number of carbonyl (C=O) groups excluding carboxylic acids is 2. The molecule has 2 aromatic carbocycles. The number of H-pyrrole nitrogens is 1. The van der Waals surface area contributed by atoms with Gasteiger partial charge in [-0.25, -0.2) is 0 Å². The van der Waals surface area contributed by atoms with E-state index in [4.69, 9.17) is 9.47 Å². The van der Waals surface area contributed by atoms with Crippen LogP contribution in [0.25, 0.3) is 21.8 Å². The maximum absolute atomic E-state index is 13.7. The van der Waals surface area contributed by atoms with Gasteiger partial charge >= 0.3 is 0 Å². The highest BCUT2D eigenvalue weighted by molar-refractivity contribution is 6.11. The van der Waals surface area contributed by atoms with E-state index >= 15 is 0 Å². The zero-order chi connectivity index (χ0) is 23.7. The minimum absolute atomic E-state index is 0.00531. The summed E-state index contributed by atoms with van der Waals surface area (Å²) in [6, 6.07) is 16.2. The van der Waals surface area contributed by atoms with Gasteiger partial charge in [-0.05, 0) is 18.9 Å². The van der Waals surface area contributed by atoms with Crippen LogP contribution < -0.4 is 15.6 Å². The van der Waals surface area contributed by atoms with Crippen LogP contribution in [0.2, 0.25) is 0 Å². The molecule has 2 aromatic heterocycles. The molecule has 1 saturated heterocycles. The molecule has 174 valence electrons. The number of methoxy groups -OCH3 is 1. The number of para-hydroxylation sites is 1. The van der Waals surface area contributed by atoms with Crippen LogP contribution >= 0.6 is 0 Å². The quantitative estimate of drug-likeness (QED) is 0.431. The minimum Gasteiger partial charge on any atom is -0.493 e. The second-order valence-electron chi connectivity index (χ2n) is 8.34. The maximum atomic E-state index is 13.7. The maximum Gasteiger partial charge on any atom is 0.271 e. The van der Waals surface area contributed by atoms with Crippen molar-refractivity contribution in [2.24, 2.45) is 0 Å². The first-order valence-corrected chi connectivity index (χ1v) is 11.3. The lowest BCUT2D eigenvalue weighted by atomic mass is 10.1. The first-order valence-electron chi connectivity index (χ1n) is 11.3. The number of ether oxygens (including phenoxy) is 2.